The summed E-state index contributed by atoms with van der Waals surface area (Å²) in [6.07, 6.45) is 6.81. The van der Waals surface area contributed by atoms with Gasteiger partial charge in [0.25, 0.3) is 0 Å². The van der Waals surface area contributed by atoms with E-state index in [4.69, 9.17) is 0 Å². The molecular formula is C22H20N4O3S. The number of nitrogens with zero attached hydrogens (tertiary/aromatic N) is 3. The van der Waals surface area contributed by atoms with Crippen LogP contribution in [0.15, 0.2) is 59.9 Å². The summed E-state index contributed by atoms with van der Waals surface area (Å²) in [7, 11) is -3.67. The van der Waals surface area contributed by atoms with Gasteiger partial charge in [-0.15, -0.1) is 0 Å². The molecule has 2 aromatic heterocycles. The number of nitrogens with one attached hydrogen (secondary N) is 1. The van der Waals surface area contributed by atoms with Crippen LogP contribution in [0.2, 0.25) is 0 Å². The van der Waals surface area contributed by atoms with E-state index in [2.05, 4.69) is 14.7 Å². The number of hydrogen-bond donors (Lipinski definition) is 1. The number of sulfonamides is 1. The van der Waals surface area contributed by atoms with Crippen molar-refractivity contribution in [3.8, 4) is 11.3 Å². The van der Waals surface area contributed by atoms with Crippen LogP contribution in [-0.2, 0) is 34.2 Å². The van der Waals surface area contributed by atoms with E-state index in [-0.39, 0.29) is 17.3 Å². The summed E-state index contributed by atoms with van der Waals surface area (Å²) >= 11 is 0. The number of pyridine rings is 2. The minimum Gasteiger partial charge on any atom is -0.312 e. The normalized spacial score (nSPS) is 15.3. The van der Waals surface area contributed by atoms with Gasteiger partial charge in [0, 0.05) is 43.7 Å². The summed E-state index contributed by atoms with van der Waals surface area (Å²) in [6.45, 7) is 0.784. The maximum absolute atomic E-state index is 12.9. The minimum atomic E-state index is -3.67. The van der Waals surface area contributed by atoms with Crippen LogP contribution >= 0.6 is 0 Å². The highest BCUT2D eigenvalue weighted by Crippen LogP contribution is 2.38. The summed E-state index contributed by atoms with van der Waals surface area (Å²) < 4.78 is 28.5. The Morgan fingerprint density at radius 3 is 2.60 bits per heavy atom. The number of aromatic nitrogens is 2. The van der Waals surface area contributed by atoms with E-state index in [0.29, 0.717) is 25.8 Å². The third kappa shape index (κ3) is 3.38. The molecule has 2 aliphatic rings. The van der Waals surface area contributed by atoms with Crippen molar-refractivity contribution < 1.29 is 13.2 Å². The highest BCUT2D eigenvalue weighted by molar-refractivity contribution is 7.89. The van der Waals surface area contributed by atoms with E-state index in [1.54, 1.807) is 35.6 Å². The number of carbonyl (C=O) groups is 1. The quantitative estimate of drug-likeness (QED) is 0.685. The molecule has 8 heteroatoms. The van der Waals surface area contributed by atoms with Gasteiger partial charge in [0.2, 0.25) is 15.9 Å². The van der Waals surface area contributed by atoms with Crippen molar-refractivity contribution in [3.63, 3.8) is 0 Å². The fraction of sp³-hybridized carbons (Fsp3) is 0.227. The van der Waals surface area contributed by atoms with Crippen LogP contribution in [0, 0.1) is 0 Å². The standard InChI is InChI=1S/C22H20N4O3S/c27-21-6-4-16-10-19(11-17-7-9-26(21)22(16)17)30(28,29)25-13-15-3-5-20(24-12-15)18-2-1-8-23-14-18/h1-3,5,8,10-12,14,25H,4,6-7,9,13H2. The molecule has 3 aromatic rings. The first kappa shape index (κ1) is 18.9. The summed E-state index contributed by atoms with van der Waals surface area (Å²) in [5.74, 6) is 0.122. The number of rotatable bonds is 5. The highest BCUT2D eigenvalue weighted by Gasteiger charge is 2.32. The lowest BCUT2D eigenvalue weighted by atomic mass is 10.00. The molecule has 30 heavy (non-hydrogen) atoms. The average Bonchev–Trinajstić information content (AvgIpc) is 3.21. The van der Waals surface area contributed by atoms with Gasteiger partial charge in [0.15, 0.2) is 0 Å². The molecule has 1 aromatic carbocycles. The van der Waals surface area contributed by atoms with E-state index in [1.807, 2.05) is 24.3 Å². The fourth-order valence-corrected chi connectivity index (χ4v) is 5.18. The maximum Gasteiger partial charge on any atom is 0.240 e. The molecule has 0 saturated heterocycles. The number of amides is 1. The van der Waals surface area contributed by atoms with E-state index in [0.717, 1.165) is 33.6 Å². The summed E-state index contributed by atoms with van der Waals surface area (Å²) in [5, 5.41) is 0. The molecule has 1 N–H and O–H groups in total. The van der Waals surface area contributed by atoms with Gasteiger partial charge in [-0.2, -0.15) is 0 Å². The average molecular weight is 420 g/mol. The van der Waals surface area contributed by atoms with Gasteiger partial charge in [0.1, 0.15) is 0 Å². The number of benzene rings is 1. The molecule has 0 unspecified atom stereocenters. The van der Waals surface area contributed by atoms with Gasteiger partial charge in [-0.3, -0.25) is 14.8 Å². The molecule has 1 amide bonds. The van der Waals surface area contributed by atoms with Crippen LogP contribution in [0.5, 0.6) is 0 Å². The lowest BCUT2D eigenvalue weighted by molar-refractivity contribution is -0.118. The van der Waals surface area contributed by atoms with Crippen molar-refractivity contribution in [2.45, 2.75) is 30.7 Å². The van der Waals surface area contributed by atoms with Gasteiger partial charge < -0.3 is 4.90 Å². The molecule has 2 aliphatic heterocycles. The van der Waals surface area contributed by atoms with Crippen LogP contribution in [0.3, 0.4) is 0 Å². The van der Waals surface area contributed by atoms with Gasteiger partial charge in [0.05, 0.1) is 16.3 Å². The second-order valence-corrected chi connectivity index (χ2v) is 9.27. The highest BCUT2D eigenvalue weighted by atomic mass is 32.2. The van der Waals surface area contributed by atoms with Crippen LogP contribution in [0.4, 0.5) is 5.69 Å². The van der Waals surface area contributed by atoms with Gasteiger partial charge in [-0.1, -0.05) is 6.07 Å². The van der Waals surface area contributed by atoms with Crippen molar-refractivity contribution in [2.24, 2.45) is 0 Å². The molecule has 0 aliphatic carbocycles. The number of carbonyl (C=O) groups excluding carboxylic acids is 1. The Balaban J connectivity index is 1.34. The van der Waals surface area contributed by atoms with Crippen LogP contribution < -0.4 is 9.62 Å². The van der Waals surface area contributed by atoms with E-state index in [9.17, 15) is 13.2 Å². The Hall–Kier alpha value is -3.10. The van der Waals surface area contributed by atoms with Crippen molar-refractivity contribution in [2.75, 3.05) is 11.4 Å². The largest absolute Gasteiger partial charge is 0.312 e. The Labute approximate surface area is 174 Å². The molecule has 152 valence electrons. The van der Waals surface area contributed by atoms with Crippen LogP contribution in [-0.4, -0.2) is 30.8 Å². The van der Waals surface area contributed by atoms with Crippen molar-refractivity contribution in [1.29, 1.82) is 0 Å². The Morgan fingerprint density at radius 1 is 1.03 bits per heavy atom. The third-order valence-corrected chi connectivity index (χ3v) is 6.96. The Kier molecular flexibility index (Phi) is 4.60. The summed E-state index contributed by atoms with van der Waals surface area (Å²) in [4.78, 5) is 22.6. The van der Waals surface area contributed by atoms with Gasteiger partial charge >= 0.3 is 0 Å². The maximum atomic E-state index is 12.9. The molecule has 0 bridgehead atoms. The number of aryl methyl sites for hydroxylation is 1. The first-order valence-electron chi connectivity index (χ1n) is 9.82. The lowest BCUT2D eigenvalue weighted by Gasteiger charge is -2.25. The molecule has 0 atom stereocenters. The molecule has 0 fully saturated rings. The molecule has 0 saturated carbocycles. The van der Waals surface area contributed by atoms with Crippen molar-refractivity contribution in [1.82, 2.24) is 14.7 Å². The topological polar surface area (TPSA) is 92.3 Å². The van der Waals surface area contributed by atoms with Gasteiger partial charge in [-0.25, -0.2) is 13.1 Å². The first-order valence-corrected chi connectivity index (χ1v) is 11.3. The minimum absolute atomic E-state index is 0.122. The summed E-state index contributed by atoms with van der Waals surface area (Å²) in [5.41, 5.74) is 5.25. The summed E-state index contributed by atoms with van der Waals surface area (Å²) in [6, 6.07) is 10.9. The Bertz CT molecular complexity index is 1230. The number of anilines is 1. The zero-order valence-corrected chi connectivity index (χ0v) is 17.0. The molecule has 5 rings (SSSR count). The third-order valence-electron chi connectivity index (χ3n) is 5.58. The number of hydrogen-bond acceptors (Lipinski definition) is 5. The van der Waals surface area contributed by atoms with Gasteiger partial charge in [-0.05, 0) is 59.9 Å². The zero-order valence-electron chi connectivity index (χ0n) is 16.2. The molecule has 0 spiro atoms. The molecular weight excluding hydrogens is 400 g/mol. The van der Waals surface area contributed by atoms with E-state index < -0.39 is 10.0 Å². The molecule has 7 nitrogen and oxygen atoms in total. The van der Waals surface area contributed by atoms with Crippen LogP contribution in [0.25, 0.3) is 11.3 Å². The van der Waals surface area contributed by atoms with Crippen molar-refractivity contribution in [3.05, 3.63) is 71.7 Å². The van der Waals surface area contributed by atoms with Crippen molar-refractivity contribution >= 4 is 21.6 Å². The fourth-order valence-electron chi connectivity index (χ4n) is 4.06. The zero-order chi connectivity index (χ0) is 20.7. The van der Waals surface area contributed by atoms with Crippen LogP contribution in [0.1, 0.15) is 23.1 Å². The Morgan fingerprint density at radius 2 is 1.87 bits per heavy atom. The monoisotopic (exact) mass is 420 g/mol. The van der Waals surface area contributed by atoms with E-state index in [1.165, 1.54) is 0 Å². The molecule has 4 heterocycles. The molecule has 0 radical (unpaired) electrons. The lowest BCUT2D eigenvalue weighted by Crippen LogP contribution is -2.33. The first-order chi connectivity index (χ1) is 14.5. The SMILES string of the molecule is O=C1CCc2cc(S(=O)(=O)NCc3ccc(-c4cccnc4)nc3)cc3c2N1CC3. The van der Waals surface area contributed by atoms with E-state index >= 15 is 0 Å². The smallest absolute Gasteiger partial charge is 0.240 e. The predicted molar refractivity (Wildman–Crippen MR) is 112 cm³/mol. The second kappa shape index (κ2) is 7.30. The second-order valence-electron chi connectivity index (χ2n) is 7.50. The predicted octanol–water partition coefficient (Wildman–Crippen LogP) is 2.46.